The molecule has 3 nitrogen and oxygen atoms in total. The average molecular weight is 408 g/mol. The highest BCUT2D eigenvalue weighted by molar-refractivity contribution is 6.31. The first-order chi connectivity index (χ1) is 13.8. The van der Waals surface area contributed by atoms with E-state index in [2.05, 4.69) is 0 Å². The quantitative estimate of drug-likeness (QED) is 0.475. The molecule has 0 fully saturated rings. The molecule has 0 unspecified atom stereocenters. The number of ether oxygens (including phenoxy) is 1. The zero-order valence-corrected chi connectivity index (χ0v) is 17.8. The molecule has 3 aromatic rings. The highest BCUT2D eigenvalue weighted by atomic mass is 35.5. The van der Waals surface area contributed by atoms with Gasteiger partial charge in [0.05, 0.1) is 0 Å². The molecule has 0 saturated carbocycles. The summed E-state index contributed by atoms with van der Waals surface area (Å²) >= 11 is 6.20. The van der Waals surface area contributed by atoms with Crippen molar-refractivity contribution in [2.45, 2.75) is 39.5 Å². The van der Waals surface area contributed by atoms with Crippen LogP contribution in [0.1, 0.15) is 42.3 Å². The molecular formula is C25H26ClNO2. The van der Waals surface area contributed by atoms with Gasteiger partial charge in [-0.3, -0.25) is 4.79 Å². The Kier molecular flexibility index (Phi) is 6.60. The Hall–Kier alpha value is -2.78. The zero-order chi connectivity index (χ0) is 20.9. The fourth-order valence-corrected chi connectivity index (χ4v) is 3.22. The minimum atomic E-state index is -0.318. The average Bonchev–Trinajstić information content (AvgIpc) is 2.71. The van der Waals surface area contributed by atoms with E-state index in [1.165, 1.54) is 0 Å². The molecule has 0 aliphatic rings. The molecule has 0 aromatic heterocycles. The summed E-state index contributed by atoms with van der Waals surface area (Å²) in [6.07, 6.45) is 0. The second-order valence-electron chi connectivity index (χ2n) is 7.96. The van der Waals surface area contributed by atoms with Crippen LogP contribution in [-0.4, -0.2) is 16.3 Å². The molecule has 4 heteroatoms. The van der Waals surface area contributed by atoms with Gasteiger partial charge in [0, 0.05) is 28.2 Å². The summed E-state index contributed by atoms with van der Waals surface area (Å²) in [4.78, 5) is 15.2. The van der Waals surface area contributed by atoms with Gasteiger partial charge in [-0.05, 0) is 50.6 Å². The number of hydrogen-bond acceptors (Lipinski definition) is 2. The Balaban J connectivity index is 1.78. The molecule has 0 atom stereocenters. The van der Waals surface area contributed by atoms with Crippen LogP contribution in [0.2, 0.25) is 5.02 Å². The van der Waals surface area contributed by atoms with E-state index in [4.69, 9.17) is 16.3 Å². The number of halogens is 1. The summed E-state index contributed by atoms with van der Waals surface area (Å²) in [6, 6.07) is 24.9. The molecule has 150 valence electrons. The number of rotatable bonds is 6. The number of benzene rings is 3. The number of nitrogens with zero attached hydrogens (tertiary/aromatic N) is 1. The van der Waals surface area contributed by atoms with Gasteiger partial charge in [0.2, 0.25) is 0 Å². The molecule has 0 aliphatic heterocycles. The molecule has 0 aliphatic carbocycles. The zero-order valence-electron chi connectivity index (χ0n) is 17.1. The van der Waals surface area contributed by atoms with E-state index in [1.807, 2.05) is 98.5 Å². The molecule has 0 radical (unpaired) electrons. The van der Waals surface area contributed by atoms with Crippen molar-refractivity contribution >= 4 is 17.5 Å². The van der Waals surface area contributed by atoms with Crippen LogP contribution in [-0.2, 0) is 13.2 Å². The van der Waals surface area contributed by atoms with Crippen LogP contribution in [0.15, 0.2) is 78.9 Å². The van der Waals surface area contributed by atoms with E-state index in [1.54, 1.807) is 6.07 Å². The van der Waals surface area contributed by atoms with Gasteiger partial charge in [-0.25, -0.2) is 0 Å². The van der Waals surface area contributed by atoms with Crippen molar-refractivity contribution in [1.82, 2.24) is 4.90 Å². The smallest absolute Gasteiger partial charge is 0.254 e. The third-order valence-electron chi connectivity index (χ3n) is 4.67. The topological polar surface area (TPSA) is 29.5 Å². The van der Waals surface area contributed by atoms with Crippen molar-refractivity contribution in [2.75, 3.05) is 0 Å². The Bertz CT molecular complexity index is 964. The highest BCUT2D eigenvalue weighted by Gasteiger charge is 2.27. The number of carbonyl (C=O) groups excluding carboxylic acids is 1. The van der Waals surface area contributed by atoms with Crippen LogP contribution in [0.3, 0.4) is 0 Å². The Morgan fingerprint density at radius 3 is 2.31 bits per heavy atom. The number of amides is 1. The van der Waals surface area contributed by atoms with Gasteiger partial charge < -0.3 is 9.64 Å². The summed E-state index contributed by atoms with van der Waals surface area (Å²) in [5, 5.41) is 0.668. The molecule has 0 spiro atoms. The Morgan fingerprint density at radius 2 is 1.62 bits per heavy atom. The highest BCUT2D eigenvalue weighted by Crippen LogP contribution is 2.24. The van der Waals surface area contributed by atoms with E-state index in [9.17, 15) is 4.79 Å². The second-order valence-corrected chi connectivity index (χ2v) is 8.36. The molecule has 3 aromatic carbocycles. The number of carbonyl (C=O) groups is 1. The standard InChI is InChI=1S/C25H26ClNO2/c1-25(2,3)27(17-19-10-5-4-6-11-19)24(28)20-13-9-14-22(16-20)29-18-21-12-7-8-15-23(21)26/h4-16H,17-18H2,1-3H3. The number of hydrogen-bond donors (Lipinski definition) is 0. The Labute approximate surface area is 177 Å². The second kappa shape index (κ2) is 9.15. The van der Waals surface area contributed by atoms with Gasteiger partial charge in [-0.2, -0.15) is 0 Å². The third-order valence-corrected chi connectivity index (χ3v) is 5.04. The van der Waals surface area contributed by atoms with Crippen molar-refractivity contribution in [3.63, 3.8) is 0 Å². The fraction of sp³-hybridized carbons (Fsp3) is 0.240. The van der Waals surface area contributed by atoms with Gasteiger partial charge in [-0.15, -0.1) is 0 Å². The van der Waals surface area contributed by atoms with Gasteiger partial charge in [-0.1, -0.05) is 66.2 Å². The van der Waals surface area contributed by atoms with Crippen molar-refractivity contribution < 1.29 is 9.53 Å². The maximum atomic E-state index is 13.3. The lowest BCUT2D eigenvalue weighted by Crippen LogP contribution is -2.45. The van der Waals surface area contributed by atoms with Crippen LogP contribution in [0.5, 0.6) is 5.75 Å². The van der Waals surface area contributed by atoms with Crippen molar-refractivity contribution in [3.8, 4) is 5.75 Å². The van der Waals surface area contributed by atoms with E-state index >= 15 is 0 Å². The van der Waals surface area contributed by atoms with Crippen molar-refractivity contribution in [3.05, 3.63) is 101 Å². The van der Waals surface area contributed by atoms with Crippen LogP contribution >= 0.6 is 11.6 Å². The van der Waals surface area contributed by atoms with Crippen molar-refractivity contribution in [2.24, 2.45) is 0 Å². The molecule has 1 amide bonds. The van der Waals surface area contributed by atoms with E-state index in [-0.39, 0.29) is 11.4 Å². The summed E-state index contributed by atoms with van der Waals surface area (Å²) in [5.74, 6) is 0.619. The molecular weight excluding hydrogens is 382 g/mol. The summed E-state index contributed by atoms with van der Waals surface area (Å²) in [5.41, 5.74) is 2.29. The minimum Gasteiger partial charge on any atom is -0.489 e. The third kappa shape index (κ3) is 5.61. The van der Waals surface area contributed by atoms with Crippen LogP contribution < -0.4 is 4.74 Å². The van der Waals surface area contributed by atoms with Gasteiger partial charge >= 0.3 is 0 Å². The van der Waals surface area contributed by atoms with Gasteiger partial charge in [0.1, 0.15) is 12.4 Å². The summed E-state index contributed by atoms with van der Waals surface area (Å²) in [6.45, 7) is 7.04. The van der Waals surface area contributed by atoms with Gasteiger partial charge in [0.15, 0.2) is 0 Å². The lowest BCUT2D eigenvalue weighted by Gasteiger charge is -2.36. The first kappa shape index (κ1) is 20.9. The lowest BCUT2D eigenvalue weighted by atomic mass is 10.0. The molecule has 0 heterocycles. The van der Waals surface area contributed by atoms with E-state index < -0.39 is 0 Å². The van der Waals surface area contributed by atoms with Gasteiger partial charge in [0.25, 0.3) is 5.91 Å². The normalized spacial score (nSPS) is 11.2. The first-order valence-corrected chi connectivity index (χ1v) is 10.0. The predicted molar refractivity (Wildman–Crippen MR) is 118 cm³/mol. The maximum absolute atomic E-state index is 13.3. The molecule has 0 bridgehead atoms. The molecule has 29 heavy (non-hydrogen) atoms. The fourth-order valence-electron chi connectivity index (χ4n) is 3.03. The first-order valence-electron chi connectivity index (χ1n) is 9.67. The van der Waals surface area contributed by atoms with Crippen molar-refractivity contribution in [1.29, 1.82) is 0 Å². The largest absolute Gasteiger partial charge is 0.489 e. The van der Waals surface area contributed by atoms with E-state index in [0.29, 0.717) is 29.5 Å². The van der Waals surface area contributed by atoms with Crippen LogP contribution in [0.4, 0.5) is 0 Å². The molecule has 0 N–H and O–H groups in total. The Morgan fingerprint density at radius 1 is 0.931 bits per heavy atom. The van der Waals surface area contributed by atoms with Crippen LogP contribution in [0.25, 0.3) is 0 Å². The van der Waals surface area contributed by atoms with Crippen LogP contribution in [0, 0.1) is 0 Å². The summed E-state index contributed by atoms with van der Waals surface area (Å²) in [7, 11) is 0. The minimum absolute atomic E-state index is 0.0236. The lowest BCUT2D eigenvalue weighted by molar-refractivity contribution is 0.0558. The monoisotopic (exact) mass is 407 g/mol. The summed E-state index contributed by atoms with van der Waals surface area (Å²) < 4.78 is 5.89. The maximum Gasteiger partial charge on any atom is 0.254 e. The molecule has 0 saturated heterocycles. The van der Waals surface area contributed by atoms with E-state index in [0.717, 1.165) is 11.1 Å². The SMILES string of the molecule is CC(C)(C)N(Cc1ccccc1)C(=O)c1cccc(OCc2ccccc2Cl)c1. The molecule has 3 rings (SSSR count). The predicted octanol–water partition coefficient (Wildman–Crippen LogP) is 6.36.